The molecule has 0 atom stereocenters. The second-order valence-corrected chi connectivity index (χ2v) is 3.40. The van der Waals surface area contributed by atoms with Crippen LogP contribution in [0.4, 0.5) is 4.39 Å². The highest BCUT2D eigenvalue weighted by molar-refractivity contribution is 6.79. The summed E-state index contributed by atoms with van der Waals surface area (Å²) in [6, 6.07) is 4.65. The fourth-order valence-electron chi connectivity index (χ4n) is 1.79. The van der Waals surface area contributed by atoms with Crippen molar-refractivity contribution in [2.24, 2.45) is 0 Å². The molecule has 1 aromatic carbocycles. The molecule has 1 N–H and O–H groups in total. The van der Waals surface area contributed by atoms with Crippen molar-refractivity contribution in [2.75, 3.05) is 0 Å². The highest BCUT2D eigenvalue weighted by Gasteiger charge is 2.32. The standard InChI is InChI=1S/C9H7BFN3O/c11-7-1-2-8-6(3-7)4-15-10(8)9-12-5-13-14-9/h1-3,5H,4H2,(H,12,13,14). The van der Waals surface area contributed by atoms with E-state index in [2.05, 4.69) is 15.2 Å². The summed E-state index contributed by atoms with van der Waals surface area (Å²) >= 11 is 0. The second kappa shape index (κ2) is 3.17. The highest BCUT2D eigenvalue weighted by Crippen LogP contribution is 2.11. The minimum atomic E-state index is -0.247. The van der Waals surface area contributed by atoms with Crippen LogP contribution in [-0.2, 0) is 11.3 Å². The third-order valence-corrected chi connectivity index (χ3v) is 2.47. The van der Waals surface area contributed by atoms with Crippen molar-refractivity contribution < 1.29 is 9.04 Å². The molecule has 4 nitrogen and oxygen atoms in total. The first kappa shape index (κ1) is 8.61. The zero-order chi connectivity index (χ0) is 10.3. The van der Waals surface area contributed by atoms with Crippen LogP contribution in [0.2, 0.25) is 0 Å². The molecule has 0 unspecified atom stereocenters. The maximum absolute atomic E-state index is 12.9. The van der Waals surface area contributed by atoms with Gasteiger partial charge in [0.2, 0.25) is 0 Å². The average molecular weight is 203 g/mol. The van der Waals surface area contributed by atoms with Crippen molar-refractivity contribution in [3.05, 3.63) is 35.9 Å². The molecule has 2 aromatic rings. The molecule has 0 saturated heterocycles. The summed E-state index contributed by atoms with van der Waals surface area (Å²) in [6.45, 7) is 0.168. The van der Waals surface area contributed by atoms with Crippen LogP contribution in [0.25, 0.3) is 0 Å². The summed E-state index contributed by atoms with van der Waals surface area (Å²) in [6.07, 6.45) is 1.43. The average Bonchev–Trinajstić information content (AvgIpc) is 2.82. The summed E-state index contributed by atoms with van der Waals surface area (Å²) in [5.41, 5.74) is 2.48. The summed E-state index contributed by atoms with van der Waals surface area (Å²) in [4.78, 5) is 4.03. The lowest BCUT2D eigenvalue weighted by Gasteiger charge is -2.01. The van der Waals surface area contributed by atoms with Crippen molar-refractivity contribution in [3.63, 3.8) is 0 Å². The number of nitrogens with zero attached hydrogens (tertiary/aromatic N) is 2. The third-order valence-electron chi connectivity index (χ3n) is 2.47. The first-order chi connectivity index (χ1) is 7.34. The number of rotatable bonds is 1. The smallest absolute Gasteiger partial charge is 0.404 e. The Kier molecular flexibility index (Phi) is 1.82. The first-order valence-corrected chi connectivity index (χ1v) is 4.60. The van der Waals surface area contributed by atoms with Crippen LogP contribution in [0.1, 0.15) is 5.56 Å². The molecule has 0 aliphatic carbocycles. The molecule has 6 heteroatoms. The SMILES string of the molecule is Fc1ccc2c(c1)COB2c1ncn[nH]1. The van der Waals surface area contributed by atoms with Crippen molar-refractivity contribution >= 4 is 18.1 Å². The number of aromatic amines is 1. The largest absolute Gasteiger partial charge is 0.421 e. The van der Waals surface area contributed by atoms with Crippen LogP contribution in [-0.4, -0.2) is 22.1 Å². The van der Waals surface area contributed by atoms with E-state index in [1.165, 1.54) is 18.5 Å². The van der Waals surface area contributed by atoms with E-state index in [0.29, 0.717) is 12.3 Å². The lowest BCUT2D eigenvalue weighted by molar-refractivity contribution is 0.335. The summed E-state index contributed by atoms with van der Waals surface area (Å²) < 4.78 is 18.5. The fourth-order valence-corrected chi connectivity index (χ4v) is 1.79. The normalized spacial score (nSPS) is 14.3. The van der Waals surface area contributed by atoms with Crippen LogP contribution in [0, 0.1) is 5.82 Å². The predicted molar refractivity (Wildman–Crippen MR) is 52.6 cm³/mol. The van der Waals surface area contributed by atoms with E-state index < -0.39 is 0 Å². The van der Waals surface area contributed by atoms with Crippen molar-refractivity contribution in [2.45, 2.75) is 6.61 Å². The number of fused-ring (bicyclic) bond motifs is 1. The van der Waals surface area contributed by atoms with E-state index in [1.807, 2.05) is 0 Å². The van der Waals surface area contributed by atoms with Crippen LogP contribution in [0.3, 0.4) is 0 Å². The van der Waals surface area contributed by atoms with E-state index in [9.17, 15) is 4.39 Å². The number of nitrogens with one attached hydrogen (secondary N) is 1. The van der Waals surface area contributed by atoms with Gasteiger partial charge in [-0.1, -0.05) is 6.07 Å². The molecular weight excluding hydrogens is 196 g/mol. The lowest BCUT2D eigenvalue weighted by atomic mass is 9.61. The fraction of sp³-hybridized carbons (Fsp3) is 0.111. The summed E-state index contributed by atoms with van der Waals surface area (Å²) in [5.74, 6) is -0.240. The Hall–Kier alpha value is -1.69. The lowest BCUT2D eigenvalue weighted by Crippen LogP contribution is -2.43. The summed E-state index contributed by atoms with van der Waals surface area (Å²) in [7, 11) is 0. The maximum Gasteiger partial charge on any atom is 0.404 e. The number of halogens is 1. The molecule has 3 rings (SSSR count). The van der Waals surface area contributed by atoms with Gasteiger partial charge in [-0.05, 0) is 23.2 Å². The van der Waals surface area contributed by atoms with Crippen LogP contribution >= 0.6 is 0 Å². The predicted octanol–water partition coefficient (Wildman–Crippen LogP) is -0.420. The van der Waals surface area contributed by atoms with Crippen LogP contribution < -0.4 is 11.2 Å². The van der Waals surface area contributed by atoms with Gasteiger partial charge in [0.15, 0.2) is 0 Å². The zero-order valence-electron chi connectivity index (χ0n) is 7.77. The van der Waals surface area contributed by atoms with E-state index in [-0.39, 0.29) is 12.7 Å². The van der Waals surface area contributed by atoms with Gasteiger partial charge in [-0.15, -0.1) is 0 Å². The molecule has 0 fully saturated rings. The minimum Gasteiger partial charge on any atom is -0.421 e. The number of aromatic nitrogens is 3. The van der Waals surface area contributed by atoms with Crippen LogP contribution in [0.15, 0.2) is 24.5 Å². The number of benzene rings is 1. The highest BCUT2D eigenvalue weighted by atomic mass is 19.1. The van der Waals surface area contributed by atoms with Gasteiger partial charge in [-0.3, -0.25) is 5.10 Å². The molecule has 0 spiro atoms. The van der Waals surface area contributed by atoms with E-state index in [1.54, 1.807) is 6.07 Å². The molecule has 1 aliphatic heterocycles. The van der Waals surface area contributed by atoms with Crippen molar-refractivity contribution in [1.29, 1.82) is 0 Å². The van der Waals surface area contributed by atoms with Gasteiger partial charge in [0.1, 0.15) is 17.9 Å². The number of hydrogen-bond donors (Lipinski definition) is 1. The van der Waals surface area contributed by atoms with Gasteiger partial charge in [0, 0.05) is 0 Å². The maximum atomic E-state index is 12.9. The van der Waals surface area contributed by atoms with Gasteiger partial charge in [-0.2, -0.15) is 5.10 Å². The molecule has 0 saturated carbocycles. The molecule has 1 aliphatic rings. The minimum absolute atomic E-state index is 0.240. The number of H-pyrrole nitrogens is 1. The molecule has 74 valence electrons. The van der Waals surface area contributed by atoms with E-state index >= 15 is 0 Å². The van der Waals surface area contributed by atoms with Gasteiger partial charge in [0.05, 0.1) is 6.61 Å². The molecule has 2 heterocycles. The Morgan fingerprint density at radius 2 is 2.40 bits per heavy atom. The Labute approximate surface area is 85.6 Å². The first-order valence-electron chi connectivity index (χ1n) is 4.60. The molecule has 1 aromatic heterocycles. The van der Waals surface area contributed by atoms with Gasteiger partial charge in [-0.25, -0.2) is 9.37 Å². The Morgan fingerprint density at radius 1 is 1.47 bits per heavy atom. The van der Waals surface area contributed by atoms with Crippen molar-refractivity contribution in [1.82, 2.24) is 15.2 Å². The Balaban J connectivity index is 2.05. The summed E-state index contributed by atoms with van der Waals surface area (Å²) in [5, 5.41) is 6.52. The monoisotopic (exact) mass is 203 g/mol. The topological polar surface area (TPSA) is 50.8 Å². The molecule has 0 radical (unpaired) electrons. The zero-order valence-corrected chi connectivity index (χ0v) is 7.77. The Morgan fingerprint density at radius 3 is 3.20 bits per heavy atom. The van der Waals surface area contributed by atoms with E-state index in [0.717, 1.165) is 11.0 Å². The quantitative estimate of drug-likeness (QED) is 0.640. The third kappa shape index (κ3) is 1.34. The number of hydrogen-bond acceptors (Lipinski definition) is 3. The second-order valence-electron chi connectivity index (χ2n) is 3.40. The van der Waals surface area contributed by atoms with Crippen molar-refractivity contribution in [3.8, 4) is 0 Å². The Bertz CT molecular complexity index is 488. The molecule has 0 bridgehead atoms. The molecular formula is C9H7BFN3O. The van der Waals surface area contributed by atoms with Crippen LogP contribution in [0.5, 0.6) is 0 Å². The van der Waals surface area contributed by atoms with E-state index in [4.69, 9.17) is 4.65 Å². The molecule has 15 heavy (non-hydrogen) atoms. The van der Waals surface area contributed by atoms with Gasteiger partial charge in [0.25, 0.3) is 0 Å². The molecule has 0 amide bonds. The van der Waals surface area contributed by atoms with Gasteiger partial charge >= 0.3 is 6.92 Å². The van der Waals surface area contributed by atoms with Gasteiger partial charge < -0.3 is 4.65 Å².